The number of anilines is 1. The first-order valence-corrected chi connectivity index (χ1v) is 10.9. The van der Waals surface area contributed by atoms with Crippen LogP contribution in [-0.4, -0.2) is 21.4 Å². The van der Waals surface area contributed by atoms with Crippen molar-refractivity contribution in [3.8, 4) is 0 Å². The first-order valence-electron chi connectivity index (χ1n) is 8.44. The molecule has 2 heterocycles. The second-order valence-electron chi connectivity index (χ2n) is 5.96. The van der Waals surface area contributed by atoms with Crippen LogP contribution < -0.4 is 10.6 Å². The molecule has 28 heavy (non-hydrogen) atoms. The summed E-state index contributed by atoms with van der Waals surface area (Å²) in [5.41, 5.74) is 0.817. The molecular weight excluding hydrogens is 439 g/mol. The fraction of sp³-hybridized carbons (Fsp3) is 0.278. The van der Waals surface area contributed by atoms with E-state index in [-0.39, 0.29) is 17.2 Å². The summed E-state index contributed by atoms with van der Waals surface area (Å²) in [6.07, 6.45) is 1.62. The van der Waals surface area contributed by atoms with Crippen LogP contribution in [0, 0.1) is 0 Å². The Balaban J connectivity index is 1.52. The molecule has 0 aliphatic rings. The number of carbonyl (C=O) groups is 1. The van der Waals surface area contributed by atoms with Gasteiger partial charge in [0.1, 0.15) is 5.76 Å². The van der Waals surface area contributed by atoms with Crippen molar-refractivity contribution in [2.75, 3.05) is 5.32 Å². The van der Waals surface area contributed by atoms with Crippen LogP contribution in [0.1, 0.15) is 31.2 Å². The van der Waals surface area contributed by atoms with Crippen LogP contribution >= 0.6 is 46.3 Å². The summed E-state index contributed by atoms with van der Waals surface area (Å²) >= 11 is 14.9. The minimum Gasteiger partial charge on any atom is -0.467 e. The van der Waals surface area contributed by atoms with Crippen molar-refractivity contribution < 1.29 is 9.21 Å². The zero-order chi connectivity index (χ0) is 20.1. The van der Waals surface area contributed by atoms with Gasteiger partial charge in [0, 0.05) is 10.0 Å². The van der Waals surface area contributed by atoms with Crippen LogP contribution in [0.15, 0.2) is 45.4 Å². The van der Waals surface area contributed by atoms with Gasteiger partial charge in [-0.05, 0) is 43.7 Å². The predicted octanol–water partition coefficient (Wildman–Crippen LogP) is 5.41. The largest absolute Gasteiger partial charge is 0.467 e. The molecule has 6 nitrogen and oxygen atoms in total. The molecule has 0 aliphatic heterocycles. The predicted molar refractivity (Wildman–Crippen MR) is 114 cm³/mol. The van der Waals surface area contributed by atoms with Crippen LogP contribution in [0.2, 0.25) is 10.0 Å². The summed E-state index contributed by atoms with van der Waals surface area (Å²) in [4.78, 5) is 12.5. The van der Waals surface area contributed by atoms with Crippen LogP contribution in [-0.2, 0) is 11.3 Å². The SMILES string of the molecule is C[C@@H](Sc1nnc(NCc2ccco2)s1)C(=O)N[C@H](C)c1ccc(Cl)cc1Cl. The van der Waals surface area contributed by atoms with E-state index >= 15 is 0 Å². The minimum absolute atomic E-state index is 0.108. The van der Waals surface area contributed by atoms with E-state index in [4.69, 9.17) is 27.6 Å². The van der Waals surface area contributed by atoms with Crippen molar-refractivity contribution in [2.24, 2.45) is 0 Å². The fourth-order valence-corrected chi connectivity index (χ4v) is 4.84. The van der Waals surface area contributed by atoms with E-state index < -0.39 is 0 Å². The van der Waals surface area contributed by atoms with Gasteiger partial charge in [-0.2, -0.15) is 0 Å². The Hall–Kier alpha value is -1.74. The number of furan rings is 1. The Morgan fingerprint density at radius 1 is 1.29 bits per heavy atom. The Morgan fingerprint density at radius 2 is 2.11 bits per heavy atom. The molecule has 2 aromatic heterocycles. The summed E-state index contributed by atoms with van der Waals surface area (Å²) in [6, 6.07) is 8.70. The Kier molecular flexibility index (Phi) is 7.23. The second kappa shape index (κ2) is 9.65. The average molecular weight is 457 g/mol. The van der Waals surface area contributed by atoms with E-state index in [1.165, 1.54) is 23.1 Å². The standard InChI is InChI=1S/C18H18Cl2N4O2S2/c1-10(14-6-5-12(19)8-15(14)20)22-16(25)11(2)27-18-24-23-17(28-18)21-9-13-4-3-7-26-13/h3-8,10-11H,9H2,1-2H3,(H,21,23)(H,22,25)/t10-,11-/m1/s1. The van der Waals surface area contributed by atoms with Gasteiger partial charge in [0.25, 0.3) is 0 Å². The number of hydrogen-bond acceptors (Lipinski definition) is 7. The zero-order valence-electron chi connectivity index (χ0n) is 15.1. The van der Waals surface area contributed by atoms with E-state index in [1.54, 1.807) is 18.4 Å². The molecule has 2 N–H and O–H groups in total. The molecule has 0 radical (unpaired) electrons. The first kappa shape index (κ1) is 21.0. The Morgan fingerprint density at radius 3 is 2.82 bits per heavy atom. The third-order valence-electron chi connectivity index (χ3n) is 3.83. The number of aromatic nitrogens is 2. The molecule has 0 saturated heterocycles. The smallest absolute Gasteiger partial charge is 0.233 e. The van der Waals surface area contributed by atoms with Gasteiger partial charge >= 0.3 is 0 Å². The Labute approximate surface area is 181 Å². The third kappa shape index (κ3) is 5.64. The minimum atomic E-state index is -0.334. The van der Waals surface area contributed by atoms with Gasteiger partial charge in [-0.3, -0.25) is 4.79 Å². The highest BCUT2D eigenvalue weighted by Gasteiger charge is 2.20. The van der Waals surface area contributed by atoms with Gasteiger partial charge < -0.3 is 15.1 Å². The van der Waals surface area contributed by atoms with Gasteiger partial charge in [0.05, 0.1) is 24.1 Å². The average Bonchev–Trinajstić information content (AvgIpc) is 3.31. The van der Waals surface area contributed by atoms with Crippen molar-refractivity contribution in [3.63, 3.8) is 0 Å². The van der Waals surface area contributed by atoms with Gasteiger partial charge in [0.2, 0.25) is 11.0 Å². The van der Waals surface area contributed by atoms with Gasteiger partial charge in [0.15, 0.2) is 4.34 Å². The van der Waals surface area contributed by atoms with Gasteiger partial charge in [-0.15, -0.1) is 10.2 Å². The number of halogens is 2. The molecule has 10 heteroatoms. The van der Waals surface area contributed by atoms with Crippen molar-refractivity contribution in [1.29, 1.82) is 0 Å². The lowest BCUT2D eigenvalue weighted by atomic mass is 10.1. The lowest BCUT2D eigenvalue weighted by Crippen LogP contribution is -2.33. The quantitative estimate of drug-likeness (QED) is 0.441. The maximum absolute atomic E-state index is 12.5. The number of benzene rings is 1. The van der Waals surface area contributed by atoms with Gasteiger partial charge in [-0.25, -0.2) is 0 Å². The van der Waals surface area contributed by atoms with Crippen molar-refractivity contribution >= 4 is 57.3 Å². The lowest BCUT2D eigenvalue weighted by Gasteiger charge is -2.18. The highest BCUT2D eigenvalue weighted by atomic mass is 35.5. The molecule has 3 aromatic rings. The summed E-state index contributed by atoms with van der Waals surface area (Å²) in [6.45, 7) is 4.24. The number of nitrogens with one attached hydrogen (secondary N) is 2. The number of nitrogens with zero attached hydrogens (tertiary/aromatic N) is 2. The van der Waals surface area contributed by atoms with E-state index in [0.29, 0.717) is 26.1 Å². The normalized spacial score (nSPS) is 13.1. The lowest BCUT2D eigenvalue weighted by molar-refractivity contribution is -0.120. The second-order valence-corrected chi connectivity index (χ2v) is 9.37. The number of amides is 1. The molecule has 148 valence electrons. The van der Waals surface area contributed by atoms with Crippen LogP contribution in [0.4, 0.5) is 5.13 Å². The summed E-state index contributed by atoms with van der Waals surface area (Å²) < 4.78 is 5.98. The van der Waals surface area contributed by atoms with Crippen molar-refractivity contribution in [2.45, 2.75) is 36.0 Å². The van der Waals surface area contributed by atoms with Crippen molar-refractivity contribution in [3.05, 3.63) is 58.0 Å². The topological polar surface area (TPSA) is 80.1 Å². The van der Waals surface area contributed by atoms with Crippen LogP contribution in [0.5, 0.6) is 0 Å². The molecule has 0 fully saturated rings. The highest BCUT2D eigenvalue weighted by molar-refractivity contribution is 8.02. The highest BCUT2D eigenvalue weighted by Crippen LogP contribution is 2.30. The molecule has 1 amide bonds. The molecule has 0 bridgehead atoms. The first-order chi connectivity index (χ1) is 13.4. The number of hydrogen-bond donors (Lipinski definition) is 2. The molecule has 0 spiro atoms. The van der Waals surface area contributed by atoms with E-state index in [0.717, 1.165) is 11.3 Å². The Bertz CT molecular complexity index is 934. The molecule has 2 atom stereocenters. The van der Waals surface area contributed by atoms with E-state index in [2.05, 4.69) is 20.8 Å². The molecule has 3 rings (SSSR count). The summed E-state index contributed by atoms with van der Waals surface area (Å²) in [5.74, 6) is 0.704. The maximum atomic E-state index is 12.5. The molecule has 0 unspecified atom stereocenters. The molecule has 0 aliphatic carbocycles. The molecule has 1 aromatic carbocycles. The van der Waals surface area contributed by atoms with Gasteiger partial charge in [-0.1, -0.05) is 52.4 Å². The molecule has 0 saturated carbocycles. The zero-order valence-corrected chi connectivity index (χ0v) is 18.3. The summed E-state index contributed by atoms with van der Waals surface area (Å²) in [7, 11) is 0. The number of rotatable bonds is 8. The fourth-order valence-electron chi connectivity index (χ4n) is 2.37. The number of carbonyl (C=O) groups excluding carboxylic acids is 1. The van der Waals surface area contributed by atoms with E-state index in [1.807, 2.05) is 32.0 Å². The number of thioether (sulfide) groups is 1. The summed E-state index contributed by atoms with van der Waals surface area (Å²) in [5, 5.41) is 15.8. The maximum Gasteiger partial charge on any atom is 0.233 e. The van der Waals surface area contributed by atoms with E-state index in [9.17, 15) is 4.79 Å². The molecular formula is C18H18Cl2N4O2S2. The van der Waals surface area contributed by atoms with Crippen LogP contribution in [0.25, 0.3) is 0 Å². The van der Waals surface area contributed by atoms with Crippen molar-refractivity contribution in [1.82, 2.24) is 15.5 Å². The monoisotopic (exact) mass is 456 g/mol. The van der Waals surface area contributed by atoms with Crippen LogP contribution in [0.3, 0.4) is 0 Å². The third-order valence-corrected chi connectivity index (χ3v) is 6.46.